The van der Waals surface area contributed by atoms with Gasteiger partial charge in [-0.2, -0.15) is 0 Å². The summed E-state index contributed by atoms with van der Waals surface area (Å²) in [5.41, 5.74) is 1.90. The topological polar surface area (TPSA) is 26.3 Å². The van der Waals surface area contributed by atoms with Crippen LogP contribution in [0.3, 0.4) is 0 Å². The van der Waals surface area contributed by atoms with Crippen molar-refractivity contribution in [3.8, 4) is 5.75 Å². The van der Waals surface area contributed by atoms with E-state index in [1.54, 1.807) is 0 Å². The normalized spacial score (nSPS) is 16.6. The van der Waals surface area contributed by atoms with E-state index in [0.717, 1.165) is 29.7 Å². The van der Waals surface area contributed by atoms with E-state index in [2.05, 4.69) is 0 Å². The summed E-state index contributed by atoms with van der Waals surface area (Å²) in [7, 11) is 0. The van der Waals surface area contributed by atoms with Crippen molar-refractivity contribution in [1.29, 1.82) is 0 Å². The number of ether oxygens (including phenoxy) is 1. The average Bonchev–Trinajstić information content (AvgIpc) is 2.41. The third-order valence-corrected chi connectivity index (χ3v) is 3.68. The zero-order chi connectivity index (χ0) is 13.0. The number of carbonyl (C=O) groups is 1. The molecule has 0 atom stereocenters. The molecule has 1 aromatic rings. The first-order valence-electron chi connectivity index (χ1n) is 7.00. The second-order valence-corrected chi connectivity index (χ2v) is 5.13. The molecule has 0 bridgehead atoms. The number of hydrogen-bond acceptors (Lipinski definition) is 2. The molecule has 0 amide bonds. The fourth-order valence-corrected chi connectivity index (χ4v) is 2.70. The van der Waals surface area contributed by atoms with E-state index in [4.69, 9.17) is 4.74 Å². The lowest BCUT2D eigenvalue weighted by atomic mass is 9.83. The van der Waals surface area contributed by atoms with Crippen molar-refractivity contribution in [1.82, 2.24) is 0 Å². The van der Waals surface area contributed by atoms with Crippen LogP contribution in [0.15, 0.2) is 18.2 Å². The molecule has 2 heteroatoms. The number of benzene rings is 1. The molecule has 0 unspecified atom stereocenters. The summed E-state index contributed by atoms with van der Waals surface area (Å²) in [6.07, 6.45) is 5.73. The Morgan fingerprint density at radius 1 is 1.28 bits per heavy atom. The van der Waals surface area contributed by atoms with Crippen molar-refractivity contribution >= 4 is 5.78 Å². The molecule has 1 aliphatic carbocycles. The van der Waals surface area contributed by atoms with Crippen molar-refractivity contribution in [2.75, 3.05) is 6.61 Å². The predicted octanol–water partition coefficient (Wildman–Crippen LogP) is 4.16. The lowest BCUT2D eigenvalue weighted by Gasteiger charge is -2.21. The first-order valence-corrected chi connectivity index (χ1v) is 7.00. The third kappa shape index (κ3) is 2.92. The van der Waals surface area contributed by atoms with Gasteiger partial charge in [-0.25, -0.2) is 0 Å². The van der Waals surface area contributed by atoms with E-state index in [-0.39, 0.29) is 11.7 Å². The molecule has 0 radical (unpaired) electrons. The van der Waals surface area contributed by atoms with Crippen LogP contribution in [0.25, 0.3) is 0 Å². The molecule has 1 saturated carbocycles. The fourth-order valence-electron chi connectivity index (χ4n) is 2.70. The van der Waals surface area contributed by atoms with Crippen molar-refractivity contribution < 1.29 is 9.53 Å². The zero-order valence-electron chi connectivity index (χ0n) is 11.4. The lowest BCUT2D eigenvalue weighted by Crippen LogP contribution is -2.19. The quantitative estimate of drug-likeness (QED) is 0.746. The Bertz CT molecular complexity index is 417. The van der Waals surface area contributed by atoms with Crippen LogP contribution in [0.5, 0.6) is 5.75 Å². The summed E-state index contributed by atoms with van der Waals surface area (Å²) in [5, 5.41) is 0. The van der Waals surface area contributed by atoms with Crippen molar-refractivity contribution in [3.05, 3.63) is 29.3 Å². The van der Waals surface area contributed by atoms with Gasteiger partial charge >= 0.3 is 0 Å². The largest absolute Gasteiger partial charge is 0.493 e. The Balaban J connectivity index is 2.24. The summed E-state index contributed by atoms with van der Waals surface area (Å²) in [6, 6.07) is 5.90. The SMILES string of the molecule is CCOc1ccc(C)cc1C(=O)C1CCCCC1. The van der Waals surface area contributed by atoms with Gasteiger partial charge in [-0.15, -0.1) is 0 Å². The van der Waals surface area contributed by atoms with Gasteiger partial charge in [0, 0.05) is 5.92 Å². The van der Waals surface area contributed by atoms with E-state index < -0.39 is 0 Å². The molecule has 0 saturated heterocycles. The van der Waals surface area contributed by atoms with Gasteiger partial charge in [-0.05, 0) is 38.8 Å². The van der Waals surface area contributed by atoms with Gasteiger partial charge < -0.3 is 4.74 Å². The highest BCUT2D eigenvalue weighted by Gasteiger charge is 2.24. The molecule has 0 aliphatic heterocycles. The van der Waals surface area contributed by atoms with Gasteiger partial charge in [0.05, 0.1) is 12.2 Å². The lowest BCUT2D eigenvalue weighted by molar-refractivity contribution is 0.0885. The number of Topliss-reactive ketones (excluding diaryl/α,β-unsaturated/α-hetero) is 1. The molecule has 2 rings (SSSR count). The molecule has 0 spiro atoms. The van der Waals surface area contributed by atoms with Crippen LogP contribution in [-0.4, -0.2) is 12.4 Å². The molecular formula is C16H22O2. The minimum atomic E-state index is 0.208. The fraction of sp³-hybridized carbons (Fsp3) is 0.562. The second-order valence-electron chi connectivity index (χ2n) is 5.13. The predicted molar refractivity (Wildman–Crippen MR) is 73.3 cm³/mol. The minimum Gasteiger partial charge on any atom is -0.493 e. The Kier molecular flexibility index (Phi) is 4.40. The molecule has 18 heavy (non-hydrogen) atoms. The van der Waals surface area contributed by atoms with E-state index in [0.29, 0.717) is 6.61 Å². The number of aryl methyl sites for hydroxylation is 1. The monoisotopic (exact) mass is 246 g/mol. The number of carbonyl (C=O) groups excluding carboxylic acids is 1. The van der Waals surface area contributed by atoms with Gasteiger partial charge in [0.1, 0.15) is 5.75 Å². The minimum absolute atomic E-state index is 0.208. The van der Waals surface area contributed by atoms with Gasteiger partial charge in [0.25, 0.3) is 0 Å². The van der Waals surface area contributed by atoms with Crippen LogP contribution < -0.4 is 4.74 Å². The Morgan fingerprint density at radius 2 is 2.00 bits per heavy atom. The van der Waals surface area contributed by atoms with Crippen LogP contribution in [0.1, 0.15) is 54.9 Å². The first kappa shape index (κ1) is 13.1. The third-order valence-electron chi connectivity index (χ3n) is 3.68. The molecule has 98 valence electrons. The summed E-state index contributed by atoms with van der Waals surface area (Å²) in [4.78, 5) is 12.6. The standard InChI is InChI=1S/C16H22O2/c1-3-18-15-10-9-12(2)11-14(15)16(17)13-7-5-4-6-8-13/h9-11,13H,3-8H2,1-2H3. The average molecular weight is 246 g/mol. The molecule has 2 nitrogen and oxygen atoms in total. The molecule has 1 aliphatic rings. The first-order chi connectivity index (χ1) is 8.72. The molecule has 0 N–H and O–H groups in total. The van der Waals surface area contributed by atoms with E-state index >= 15 is 0 Å². The van der Waals surface area contributed by atoms with Crippen LogP contribution in [0, 0.1) is 12.8 Å². The molecular weight excluding hydrogens is 224 g/mol. The smallest absolute Gasteiger partial charge is 0.169 e. The van der Waals surface area contributed by atoms with Crippen LogP contribution in [0.4, 0.5) is 0 Å². The molecule has 1 fully saturated rings. The highest BCUT2D eigenvalue weighted by Crippen LogP contribution is 2.30. The summed E-state index contributed by atoms with van der Waals surface area (Å²) in [6.45, 7) is 4.58. The van der Waals surface area contributed by atoms with Gasteiger partial charge in [-0.1, -0.05) is 30.9 Å². The maximum absolute atomic E-state index is 12.6. The van der Waals surface area contributed by atoms with E-state index in [9.17, 15) is 4.79 Å². The molecule has 0 heterocycles. The van der Waals surface area contributed by atoms with Gasteiger partial charge in [-0.3, -0.25) is 4.79 Å². The number of rotatable bonds is 4. The summed E-state index contributed by atoms with van der Waals surface area (Å²) in [5.74, 6) is 1.24. The molecule has 1 aromatic carbocycles. The van der Waals surface area contributed by atoms with Gasteiger partial charge in [0.2, 0.25) is 0 Å². The Hall–Kier alpha value is -1.31. The summed E-state index contributed by atoms with van der Waals surface area (Å²) >= 11 is 0. The van der Waals surface area contributed by atoms with Crippen LogP contribution in [-0.2, 0) is 0 Å². The Labute approximate surface area is 109 Å². The summed E-state index contributed by atoms with van der Waals surface area (Å²) < 4.78 is 5.58. The van der Waals surface area contributed by atoms with E-state index in [1.165, 1.54) is 19.3 Å². The maximum atomic E-state index is 12.6. The van der Waals surface area contributed by atoms with Crippen molar-refractivity contribution in [3.63, 3.8) is 0 Å². The molecule has 0 aromatic heterocycles. The van der Waals surface area contributed by atoms with Crippen LogP contribution >= 0.6 is 0 Å². The van der Waals surface area contributed by atoms with Crippen molar-refractivity contribution in [2.45, 2.75) is 46.0 Å². The van der Waals surface area contributed by atoms with E-state index in [1.807, 2.05) is 32.0 Å². The second kappa shape index (κ2) is 6.03. The van der Waals surface area contributed by atoms with Crippen molar-refractivity contribution in [2.24, 2.45) is 5.92 Å². The number of ketones is 1. The van der Waals surface area contributed by atoms with Gasteiger partial charge in [0.15, 0.2) is 5.78 Å². The highest BCUT2D eigenvalue weighted by atomic mass is 16.5. The number of hydrogen-bond donors (Lipinski definition) is 0. The highest BCUT2D eigenvalue weighted by molar-refractivity contribution is 6.00. The zero-order valence-corrected chi connectivity index (χ0v) is 11.4. The van der Waals surface area contributed by atoms with Crippen LogP contribution in [0.2, 0.25) is 0 Å². The maximum Gasteiger partial charge on any atom is 0.169 e. The Morgan fingerprint density at radius 3 is 2.67 bits per heavy atom.